The fourth-order valence-electron chi connectivity index (χ4n) is 3.69. The lowest BCUT2D eigenvalue weighted by Crippen LogP contribution is -2.53. The number of ketones is 1. The van der Waals surface area contributed by atoms with Crippen LogP contribution in [0.2, 0.25) is 0 Å². The van der Waals surface area contributed by atoms with E-state index in [0.29, 0.717) is 23.9 Å². The van der Waals surface area contributed by atoms with Crippen LogP contribution in [-0.2, 0) is 9.53 Å². The molecule has 0 spiro atoms. The van der Waals surface area contributed by atoms with Crippen LogP contribution in [0.15, 0.2) is 24.3 Å². The summed E-state index contributed by atoms with van der Waals surface area (Å²) < 4.78 is 9.84. The Kier molecular flexibility index (Phi) is 7.20. The predicted octanol–water partition coefficient (Wildman–Crippen LogP) is 0.791. The molecule has 0 unspecified atom stereocenters. The number of hydrogen-bond acceptors (Lipinski definition) is 7. The highest BCUT2D eigenvalue weighted by Gasteiger charge is 2.25. The Balaban J connectivity index is 1.43. The van der Waals surface area contributed by atoms with Gasteiger partial charge < -0.3 is 14.8 Å². The molecule has 0 saturated carbocycles. The smallest absolute Gasteiger partial charge is 0.343 e. The molecule has 1 aromatic carbocycles. The molecule has 3 rings (SSSR count). The number of methoxy groups -OCH3 is 1. The topological polar surface area (TPSA) is 71.1 Å². The van der Waals surface area contributed by atoms with Gasteiger partial charge in [0.05, 0.1) is 13.7 Å². The summed E-state index contributed by atoms with van der Waals surface area (Å²) in [5.74, 6) is 0.233. The van der Waals surface area contributed by atoms with Crippen molar-refractivity contribution in [2.75, 3.05) is 59.5 Å². The predicted molar refractivity (Wildman–Crippen MR) is 102 cm³/mol. The Bertz CT molecular complexity index is 621. The fourth-order valence-corrected chi connectivity index (χ4v) is 3.69. The largest absolute Gasteiger partial charge is 0.482 e. The number of esters is 1. The van der Waals surface area contributed by atoms with Crippen LogP contribution in [-0.4, -0.2) is 87.1 Å². The summed E-state index contributed by atoms with van der Waals surface area (Å²) in [6.07, 6.45) is 2.45. The number of nitrogens with zero attached hydrogens (tertiary/aromatic N) is 2. The van der Waals surface area contributed by atoms with Crippen molar-refractivity contribution in [2.45, 2.75) is 18.9 Å². The van der Waals surface area contributed by atoms with Gasteiger partial charge in [-0.05, 0) is 50.2 Å². The maximum atomic E-state index is 12.5. The third-order valence-electron chi connectivity index (χ3n) is 5.36. The normalized spacial score (nSPS) is 19.6. The molecule has 1 N–H and O–H groups in total. The molecule has 2 aliphatic rings. The maximum absolute atomic E-state index is 12.5. The zero-order chi connectivity index (χ0) is 19.1. The van der Waals surface area contributed by atoms with Crippen molar-refractivity contribution >= 4 is 11.8 Å². The average Bonchev–Trinajstić information content (AvgIpc) is 2.73. The number of carbonyl (C=O) groups is 2. The molecule has 148 valence electrons. The minimum Gasteiger partial charge on any atom is -0.482 e. The third kappa shape index (κ3) is 5.76. The standard InChI is InChI=1S/C20H29N3O4/c1-26-20(25)15-27-18-4-2-16(3-5-18)19(24)14-22-10-12-23(13-11-22)17-6-8-21-9-7-17/h2-5,17,21H,6-15H2,1H3. The van der Waals surface area contributed by atoms with Crippen molar-refractivity contribution in [3.63, 3.8) is 0 Å². The van der Waals surface area contributed by atoms with Gasteiger partial charge in [-0.15, -0.1) is 0 Å². The molecular formula is C20H29N3O4. The van der Waals surface area contributed by atoms with Crippen molar-refractivity contribution in [1.82, 2.24) is 15.1 Å². The van der Waals surface area contributed by atoms with Gasteiger partial charge in [0.2, 0.25) is 0 Å². The van der Waals surface area contributed by atoms with Crippen molar-refractivity contribution < 1.29 is 19.1 Å². The lowest BCUT2D eigenvalue weighted by atomic mass is 10.0. The van der Waals surface area contributed by atoms with Crippen LogP contribution in [0.25, 0.3) is 0 Å². The highest BCUT2D eigenvalue weighted by molar-refractivity contribution is 5.97. The maximum Gasteiger partial charge on any atom is 0.343 e. The summed E-state index contributed by atoms with van der Waals surface area (Å²) >= 11 is 0. The molecule has 7 nitrogen and oxygen atoms in total. The molecule has 2 heterocycles. The molecule has 2 aliphatic heterocycles. The third-order valence-corrected chi connectivity index (χ3v) is 5.36. The minimum absolute atomic E-state index is 0.116. The van der Waals surface area contributed by atoms with Crippen LogP contribution in [0.1, 0.15) is 23.2 Å². The van der Waals surface area contributed by atoms with E-state index in [0.717, 1.165) is 39.3 Å². The summed E-state index contributed by atoms with van der Waals surface area (Å²) in [4.78, 5) is 28.5. The van der Waals surface area contributed by atoms with E-state index in [1.165, 1.54) is 20.0 Å². The van der Waals surface area contributed by atoms with E-state index in [-0.39, 0.29) is 12.4 Å². The average molecular weight is 375 g/mol. The Morgan fingerprint density at radius 2 is 1.74 bits per heavy atom. The first-order valence-electron chi connectivity index (χ1n) is 9.65. The van der Waals surface area contributed by atoms with Gasteiger partial charge in [0, 0.05) is 37.8 Å². The molecule has 0 bridgehead atoms. The van der Waals surface area contributed by atoms with Gasteiger partial charge in [-0.3, -0.25) is 14.6 Å². The number of benzene rings is 1. The van der Waals surface area contributed by atoms with E-state index in [4.69, 9.17) is 4.74 Å². The van der Waals surface area contributed by atoms with Crippen LogP contribution in [0.5, 0.6) is 5.75 Å². The summed E-state index contributed by atoms with van der Waals surface area (Å²) in [7, 11) is 1.32. The first kappa shape index (κ1) is 19.8. The highest BCUT2D eigenvalue weighted by atomic mass is 16.6. The number of piperidine rings is 1. The van der Waals surface area contributed by atoms with E-state index in [1.54, 1.807) is 24.3 Å². The number of nitrogens with one attached hydrogen (secondary N) is 1. The summed E-state index contributed by atoms with van der Waals surface area (Å²) in [5.41, 5.74) is 0.668. The lowest BCUT2D eigenvalue weighted by molar-refractivity contribution is -0.142. The Morgan fingerprint density at radius 1 is 1.07 bits per heavy atom. The first-order chi connectivity index (χ1) is 13.2. The zero-order valence-corrected chi connectivity index (χ0v) is 16.0. The summed E-state index contributed by atoms with van der Waals surface area (Å²) in [6, 6.07) is 7.62. The van der Waals surface area contributed by atoms with Gasteiger partial charge in [0.25, 0.3) is 0 Å². The van der Waals surface area contributed by atoms with E-state index in [1.807, 2.05) is 0 Å². The Morgan fingerprint density at radius 3 is 2.37 bits per heavy atom. The van der Waals surface area contributed by atoms with Gasteiger partial charge in [-0.1, -0.05) is 0 Å². The molecule has 27 heavy (non-hydrogen) atoms. The number of hydrogen-bond donors (Lipinski definition) is 1. The first-order valence-corrected chi connectivity index (χ1v) is 9.65. The molecule has 0 atom stereocenters. The fraction of sp³-hybridized carbons (Fsp3) is 0.600. The second-order valence-corrected chi connectivity index (χ2v) is 7.11. The minimum atomic E-state index is -0.432. The number of piperazine rings is 1. The number of Topliss-reactive ketones (excluding diaryl/α,β-unsaturated/α-hetero) is 1. The lowest BCUT2D eigenvalue weighted by Gasteiger charge is -2.40. The molecule has 2 saturated heterocycles. The van der Waals surface area contributed by atoms with Crippen LogP contribution >= 0.6 is 0 Å². The molecular weight excluding hydrogens is 346 g/mol. The highest BCUT2D eigenvalue weighted by Crippen LogP contribution is 2.16. The monoisotopic (exact) mass is 375 g/mol. The number of carbonyl (C=O) groups excluding carboxylic acids is 2. The van der Waals surface area contributed by atoms with E-state index >= 15 is 0 Å². The van der Waals surface area contributed by atoms with Crippen LogP contribution in [0.4, 0.5) is 0 Å². The van der Waals surface area contributed by atoms with E-state index < -0.39 is 5.97 Å². The van der Waals surface area contributed by atoms with Gasteiger partial charge in [0.1, 0.15) is 5.75 Å². The SMILES string of the molecule is COC(=O)COc1ccc(C(=O)CN2CCN(C3CCNCC3)CC2)cc1. The van der Waals surface area contributed by atoms with Crippen molar-refractivity contribution in [3.05, 3.63) is 29.8 Å². The van der Waals surface area contributed by atoms with Crippen molar-refractivity contribution in [3.8, 4) is 5.75 Å². The summed E-state index contributed by atoms with van der Waals surface area (Å²) in [5, 5.41) is 3.41. The van der Waals surface area contributed by atoms with Crippen molar-refractivity contribution in [2.24, 2.45) is 0 Å². The van der Waals surface area contributed by atoms with Crippen molar-refractivity contribution in [1.29, 1.82) is 0 Å². The van der Waals surface area contributed by atoms with Gasteiger partial charge >= 0.3 is 5.97 Å². The number of ether oxygens (including phenoxy) is 2. The summed E-state index contributed by atoms with van der Waals surface area (Å²) in [6.45, 7) is 6.50. The molecule has 2 fully saturated rings. The quantitative estimate of drug-likeness (QED) is 0.558. The van der Waals surface area contributed by atoms with Crippen LogP contribution < -0.4 is 10.1 Å². The molecule has 0 radical (unpaired) electrons. The second-order valence-electron chi connectivity index (χ2n) is 7.11. The Hall–Kier alpha value is -1.96. The van der Waals surface area contributed by atoms with Gasteiger partial charge in [-0.25, -0.2) is 4.79 Å². The molecule has 7 heteroatoms. The molecule has 0 aromatic heterocycles. The zero-order valence-electron chi connectivity index (χ0n) is 16.0. The van der Waals surface area contributed by atoms with Crippen LogP contribution in [0, 0.1) is 0 Å². The second kappa shape index (κ2) is 9.82. The van der Waals surface area contributed by atoms with Gasteiger partial charge in [0.15, 0.2) is 12.4 Å². The van der Waals surface area contributed by atoms with E-state index in [9.17, 15) is 9.59 Å². The Labute approximate surface area is 160 Å². The van der Waals surface area contributed by atoms with Crippen LogP contribution in [0.3, 0.4) is 0 Å². The van der Waals surface area contributed by atoms with Gasteiger partial charge in [-0.2, -0.15) is 0 Å². The molecule has 0 aliphatic carbocycles. The number of rotatable bonds is 7. The van der Waals surface area contributed by atoms with E-state index in [2.05, 4.69) is 19.9 Å². The molecule has 1 aromatic rings. The molecule has 0 amide bonds.